The Morgan fingerprint density at radius 1 is 1.15 bits per heavy atom. The van der Waals surface area contributed by atoms with E-state index in [1.54, 1.807) is 12.3 Å². The Morgan fingerprint density at radius 3 is 2.40 bits per heavy atom. The summed E-state index contributed by atoms with van der Waals surface area (Å²) in [6.45, 7) is 3.98. The minimum atomic E-state index is -0.146. The second-order valence-corrected chi connectivity index (χ2v) is 4.77. The van der Waals surface area contributed by atoms with Crippen LogP contribution >= 0.6 is 0 Å². The fourth-order valence-electron chi connectivity index (χ4n) is 1.83. The van der Waals surface area contributed by atoms with Gasteiger partial charge in [-0.15, -0.1) is 0 Å². The fourth-order valence-corrected chi connectivity index (χ4v) is 1.83. The minimum absolute atomic E-state index is 0.146. The minimum Gasteiger partial charge on any atom is -0.322 e. The molecule has 20 heavy (non-hydrogen) atoms. The van der Waals surface area contributed by atoms with E-state index in [9.17, 15) is 4.79 Å². The Kier molecular flexibility index (Phi) is 4.48. The first kappa shape index (κ1) is 14.2. The number of aromatic nitrogens is 1. The van der Waals surface area contributed by atoms with Crippen LogP contribution in [0, 0.1) is 6.92 Å². The summed E-state index contributed by atoms with van der Waals surface area (Å²) in [6.07, 6.45) is 1.59. The highest BCUT2D eigenvalue weighted by atomic mass is 16.1. The van der Waals surface area contributed by atoms with E-state index in [-0.39, 0.29) is 5.91 Å². The van der Waals surface area contributed by atoms with Crippen molar-refractivity contribution in [2.45, 2.75) is 19.9 Å². The zero-order valence-electron chi connectivity index (χ0n) is 12.0. The molecule has 1 aromatic heterocycles. The quantitative estimate of drug-likeness (QED) is 0.897. The number of carbonyl (C=O) groups excluding carboxylic acids is 1. The lowest BCUT2D eigenvalue weighted by atomic mass is 10.1. The summed E-state index contributed by atoms with van der Waals surface area (Å²) in [5, 5.41) is 6.04. The Morgan fingerprint density at radius 2 is 1.85 bits per heavy atom. The number of anilines is 1. The number of hydrogen-bond acceptors (Lipinski definition) is 3. The smallest absolute Gasteiger partial charge is 0.257 e. The van der Waals surface area contributed by atoms with E-state index < -0.39 is 0 Å². The standard InChI is InChI=1S/C16H19N3O/c1-11-4-5-14(10-18-11)16(20)19-15-8-6-13(7-9-15)12(2)17-3/h4-10,12,17H,1-3H3,(H,19,20). The third kappa shape index (κ3) is 3.42. The number of pyridine rings is 1. The predicted molar refractivity (Wildman–Crippen MR) is 80.8 cm³/mol. The van der Waals surface area contributed by atoms with Gasteiger partial charge in [0.15, 0.2) is 0 Å². The van der Waals surface area contributed by atoms with E-state index in [1.807, 2.05) is 44.3 Å². The van der Waals surface area contributed by atoms with Crippen molar-refractivity contribution in [3.05, 3.63) is 59.4 Å². The molecule has 4 heteroatoms. The molecular formula is C16H19N3O. The predicted octanol–water partition coefficient (Wildman–Crippen LogP) is 2.92. The summed E-state index contributed by atoms with van der Waals surface area (Å²) in [6, 6.07) is 11.7. The van der Waals surface area contributed by atoms with Gasteiger partial charge < -0.3 is 10.6 Å². The van der Waals surface area contributed by atoms with Crippen molar-refractivity contribution in [2.24, 2.45) is 0 Å². The Bertz CT molecular complexity index is 576. The largest absolute Gasteiger partial charge is 0.322 e. The second kappa shape index (κ2) is 6.30. The number of amides is 1. The molecule has 0 aliphatic rings. The van der Waals surface area contributed by atoms with Crippen LogP contribution in [0.2, 0.25) is 0 Å². The van der Waals surface area contributed by atoms with Crippen molar-refractivity contribution in [1.29, 1.82) is 0 Å². The van der Waals surface area contributed by atoms with Crippen LogP contribution in [0.15, 0.2) is 42.6 Å². The lowest BCUT2D eigenvalue weighted by Crippen LogP contribution is -2.14. The van der Waals surface area contributed by atoms with Crippen molar-refractivity contribution >= 4 is 11.6 Å². The van der Waals surface area contributed by atoms with Gasteiger partial charge in [0, 0.05) is 23.6 Å². The van der Waals surface area contributed by atoms with E-state index in [4.69, 9.17) is 0 Å². The zero-order valence-corrected chi connectivity index (χ0v) is 12.0. The molecule has 1 heterocycles. The van der Waals surface area contributed by atoms with Crippen molar-refractivity contribution in [3.63, 3.8) is 0 Å². The highest BCUT2D eigenvalue weighted by Gasteiger charge is 2.07. The molecular weight excluding hydrogens is 250 g/mol. The molecule has 0 radical (unpaired) electrons. The molecule has 0 aliphatic carbocycles. The molecule has 1 aromatic carbocycles. The number of hydrogen-bond donors (Lipinski definition) is 2. The molecule has 0 spiro atoms. The number of aryl methyl sites for hydroxylation is 1. The van der Waals surface area contributed by atoms with E-state index in [1.165, 1.54) is 5.56 Å². The maximum Gasteiger partial charge on any atom is 0.257 e. The normalized spacial score (nSPS) is 11.9. The first-order valence-electron chi connectivity index (χ1n) is 6.61. The molecule has 0 saturated carbocycles. The van der Waals surface area contributed by atoms with Gasteiger partial charge in [0.2, 0.25) is 0 Å². The highest BCUT2D eigenvalue weighted by molar-refractivity contribution is 6.04. The molecule has 1 atom stereocenters. The van der Waals surface area contributed by atoms with Gasteiger partial charge in [-0.1, -0.05) is 12.1 Å². The Hall–Kier alpha value is -2.20. The zero-order chi connectivity index (χ0) is 14.5. The van der Waals surface area contributed by atoms with E-state index >= 15 is 0 Å². The average Bonchev–Trinajstić information content (AvgIpc) is 2.48. The van der Waals surface area contributed by atoms with Crippen molar-refractivity contribution < 1.29 is 4.79 Å². The molecule has 1 amide bonds. The van der Waals surface area contributed by atoms with E-state index in [2.05, 4.69) is 22.5 Å². The molecule has 2 rings (SSSR count). The lowest BCUT2D eigenvalue weighted by Gasteiger charge is -2.11. The third-order valence-electron chi connectivity index (χ3n) is 3.28. The van der Waals surface area contributed by atoms with Crippen molar-refractivity contribution in [3.8, 4) is 0 Å². The van der Waals surface area contributed by atoms with Gasteiger partial charge in [-0.25, -0.2) is 0 Å². The molecule has 0 fully saturated rings. The topological polar surface area (TPSA) is 54.0 Å². The molecule has 1 unspecified atom stereocenters. The Balaban J connectivity index is 2.06. The summed E-state index contributed by atoms with van der Waals surface area (Å²) in [7, 11) is 1.92. The summed E-state index contributed by atoms with van der Waals surface area (Å²) in [4.78, 5) is 16.2. The molecule has 4 nitrogen and oxygen atoms in total. The molecule has 0 bridgehead atoms. The lowest BCUT2D eigenvalue weighted by molar-refractivity contribution is 0.102. The molecule has 2 aromatic rings. The monoisotopic (exact) mass is 269 g/mol. The first-order chi connectivity index (χ1) is 9.60. The molecule has 0 saturated heterocycles. The van der Waals surface area contributed by atoms with Crippen LogP contribution in [0.4, 0.5) is 5.69 Å². The van der Waals surface area contributed by atoms with Crippen LogP contribution in [-0.2, 0) is 0 Å². The van der Waals surface area contributed by atoms with Crippen LogP contribution in [0.1, 0.15) is 34.6 Å². The molecule has 0 aliphatic heterocycles. The maximum atomic E-state index is 12.0. The van der Waals surface area contributed by atoms with E-state index in [0.29, 0.717) is 11.6 Å². The third-order valence-corrected chi connectivity index (χ3v) is 3.28. The molecule has 2 N–H and O–H groups in total. The van der Waals surface area contributed by atoms with E-state index in [0.717, 1.165) is 11.4 Å². The number of nitrogens with zero attached hydrogens (tertiary/aromatic N) is 1. The summed E-state index contributed by atoms with van der Waals surface area (Å²) < 4.78 is 0. The molecule has 104 valence electrons. The number of carbonyl (C=O) groups is 1. The number of rotatable bonds is 4. The van der Waals surface area contributed by atoms with Gasteiger partial charge in [0.25, 0.3) is 5.91 Å². The number of nitrogens with one attached hydrogen (secondary N) is 2. The van der Waals surface area contributed by atoms with Gasteiger partial charge in [-0.2, -0.15) is 0 Å². The SMILES string of the molecule is CNC(C)c1ccc(NC(=O)c2ccc(C)nc2)cc1. The second-order valence-electron chi connectivity index (χ2n) is 4.77. The maximum absolute atomic E-state index is 12.0. The van der Waals surface area contributed by atoms with Crippen LogP contribution in [0.3, 0.4) is 0 Å². The van der Waals surface area contributed by atoms with Crippen molar-refractivity contribution in [1.82, 2.24) is 10.3 Å². The highest BCUT2D eigenvalue weighted by Crippen LogP contribution is 2.16. The van der Waals surface area contributed by atoms with Crippen molar-refractivity contribution in [2.75, 3.05) is 12.4 Å². The summed E-state index contributed by atoms with van der Waals surface area (Å²) >= 11 is 0. The number of benzene rings is 1. The van der Waals surface area contributed by atoms with Gasteiger partial charge in [-0.3, -0.25) is 9.78 Å². The fraction of sp³-hybridized carbons (Fsp3) is 0.250. The van der Waals surface area contributed by atoms with Crippen LogP contribution < -0.4 is 10.6 Å². The van der Waals surface area contributed by atoms with Crippen LogP contribution in [0.25, 0.3) is 0 Å². The average molecular weight is 269 g/mol. The first-order valence-corrected chi connectivity index (χ1v) is 6.61. The van der Waals surface area contributed by atoms with Gasteiger partial charge in [0.1, 0.15) is 0 Å². The van der Waals surface area contributed by atoms with Crippen LogP contribution in [0.5, 0.6) is 0 Å². The van der Waals surface area contributed by atoms with Gasteiger partial charge >= 0.3 is 0 Å². The summed E-state index contributed by atoms with van der Waals surface area (Å²) in [5.74, 6) is -0.146. The summed E-state index contributed by atoms with van der Waals surface area (Å²) in [5.41, 5.74) is 3.42. The van der Waals surface area contributed by atoms with Gasteiger partial charge in [0.05, 0.1) is 5.56 Å². The Labute approximate surface area is 119 Å². The van der Waals surface area contributed by atoms with Gasteiger partial charge in [-0.05, 0) is 50.7 Å². The van der Waals surface area contributed by atoms with Crippen LogP contribution in [-0.4, -0.2) is 17.9 Å².